The minimum atomic E-state index is -1.00. The van der Waals surface area contributed by atoms with E-state index in [1.165, 1.54) is 13.8 Å². The Morgan fingerprint density at radius 3 is 2.30 bits per heavy atom. The molecule has 1 amide bonds. The smallest absolute Gasteiger partial charge is 0.410 e. The molecule has 0 fully saturated rings. The monoisotopic (exact) mass is 433 g/mol. The van der Waals surface area contributed by atoms with Crippen molar-refractivity contribution in [3.63, 3.8) is 0 Å². The Kier molecular flexibility index (Phi) is 9.15. The van der Waals surface area contributed by atoms with E-state index >= 15 is 0 Å². The molecule has 0 aliphatic rings. The van der Waals surface area contributed by atoms with Crippen LogP contribution in [-0.4, -0.2) is 30.9 Å². The van der Waals surface area contributed by atoms with E-state index in [9.17, 15) is 14.4 Å². The predicted molar refractivity (Wildman–Crippen MR) is 111 cm³/mol. The summed E-state index contributed by atoms with van der Waals surface area (Å²) in [4.78, 5) is 35.4. The van der Waals surface area contributed by atoms with Crippen molar-refractivity contribution < 1.29 is 28.6 Å². The van der Waals surface area contributed by atoms with Gasteiger partial charge in [-0.15, -0.1) is 0 Å². The standard InChI is InChI=1S/C22H24ClNO6/c1-15(25)28-16(2)29-22(27)24-13-12-18(14-17-6-4-3-5-7-17)21(26)30-20-10-8-19(23)9-11-20/h3-11,16,18H,12-14H2,1-2H3,(H,24,27). The zero-order valence-corrected chi connectivity index (χ0v) is 17.6. The lowest BCUT2D eigenvalue weighted by Crippen LogP contribution is -2.33. The molecule has 0 bridgehead atoms. The van der Waals surface area contributed by atoms with Crippen molar-refractivity contribution in [1.29, 1.82) is 0 Å². The summed E-state index contributed by atoms with van der Waals surface area (Å²) >= 11 is 5.86. The van der Waals surface area contributed by atoms with E-state index in [1.54, 1.807) is 24.3 Å². The first-order valence-electron chi connectivity index (χ1n) is 9.46. The molecular weight excluding hydrogens is 410 g/mol. The van der Waals surface area contributed by atoms with Gasteiger partial charge in [-0.05, 0) is 42.7 Å². The Labute approximate surface area is 180 Å². The lowest BCUT2D eigenvalue weighted by atomic mass is 9.96. The van der Waals surface area contributed by atoms with Gasteiger partial charge in [0.1, 0.15) is 5.75 Å². The molecule has 0 heterocycles. The third-order valence-corrected chi connectivity index (χ3v) is 4.31. The van der Waals surface area contributed by atoms with Gasteiger partial charge in [0.25, 0.3) is 0 Å². The van der Waals surface area contributed by atoms with E-state index in [0.29, 0.717) is 23.6 Å². The quantitative estimate of drug-likeness (QED) is 0.363. The lowest BCUT2D eigenvalue weighted by Gasteiger charge is -2.17. The Balaban J connectivity index is 1.94. The van der Waals surface area contributed by atoms with Crippen LogP contribution in [0.1, 0.15) is 25.8 Å². The number of nitrogens with one attached hydrogen (secondary N) is 1. The highest BCUT2D eigenvalue weighted by molar-refractivity contribution is 6.30. The summed E-state index contributed by atoms with van der Waals surface area (Å²) in [6.07, 6.45) is -0.961. The summed E-state index contributed by atoms with van der Waals surface area (Å²) < 4.78 is 15.1. The van der Waals surface area contributed by atoms with Crippen LogP contribution in [0.3, 0.4) is 0 Å². The van der Waals surface area contributed by atoms with Gasteiger partial charge in [-0.2, -0.15) is 0 Å². The topological polar surface area (TPSA) is 90.9 Å². The van der Waals surface area contributed by atoms with Gasteiger partial charge in [-0.25, -0.2) is 4.79 Å². The first-order chi connectivity index (χ1) is 14.3. The van der Waals surface area contributed by atoms with Crippen LogP contribution in [0, 0.1) is 5.92 Å². The molecule has 0 aliphatic carbocycles. The van der Waals surface area contributed by atoms with E-state index in [0.717, 1.165) is 5.56 Å². The normalized spacial score (nSPS) is 12.4. The molecule has 1 N–H and O–H groups in total. The molecule has 2 atom stereocenters. The lowest BCUT2D eigenvalue weighted by molar-refractivity contribution is -0.162. The molecule has 2 aromatic rings. The van der Waals surface area contributed by atoms with E-state index in [1.807, 2.05) is 30.3 Å². The second kappa shape index (κ2) is 11.8. The maximum Gasteiger partial charge on any atom is 0.410 e. The molecule has 2 unspecified atom stereocenters. The van der Waals surface area contributed by atoms with Gasteiger partial charge < -0.3 is 19.5 Å². The molecule has 30 heavy (non-hydrogen) atoms. The van der Waals surface area contributed by atoms with Gasteiger partial charge in [-0.1, -0.05) is 41.9 Å². The summed E-state index contributed by atoms with van der Waals surface area (Å²) in [6.45, 7) is 2.83. The molecule has 2 aromatic carbocycles. The van der Waals surface area contributed by atoms with E-state index in [2.05, 4.69) is 5.32 Å². The van der Waals surface area contributed by atoms with Crippen molar-refractivity contribution in [2.45, 2.75) is 33.0 Å². The molecule has 0 aromatic heterocycles. The largest absolute Gasteiger partial charge is 0.426 e. The Hall–Kier alpha value is -3.06. The minimum Gasteiger partial charge on any atom is -0.426 e. The number of carbonyl (C=O) groups is 3. The zero-order valence-electron chi connectivity index (χ0n) is 16.8. The number of benzene rings is 2. The second-order valence-corrected chi connectivity index (χ2v) is 7.00. The molecule has 0 aliphatic heterocycles. The molecule has 160 valence electrons. The number of halogens is 1. The van der Waals surface area contributed by atoms with Crippen molar-refractivity contribution in [3.8, 4) is 5.75 Å². The fourth-order valence-corrected chi connectivity index (χ4v) is 2.83. The van der Waals surface area contributed by atoms with Crippen LogP contribution in [0.15, 0.2) is 54.6 Å². The molecule has 2 rings (SSSR count). The number of alkyl carbamates (subject to hydrolysis) is 1. The number of carbonyl (C=O) groups excluding carboxylic acids is 3. The number of hydrogen-bond acceptors (Lipinski definition) is 6. The molecule has 0 spiro atoms. The van der Waals surface area contributed by atoms with Crippen LogP contribution in [0.25, 0.3) is 0 Å². The molecule has 0 saturated carbocycles. The highest BCUT2D eigenvalue weighted by Gasteiger charge is 2.22. The first kappa shape index (κ1) is 23.2. The van der Waals surface area contributed by atoms with Crippen molar-refractivity contribution in [1.82, 2.24) is 5.32 Å². The molecule has 7 nitrogen and oxygen atoms in total. The van der Waals surface area contributed by atoms with Crippen LogP contribution in [-0.2, 0) is 25.5 Å². The van der Waals surface area contributed by atoms with Crippen LogP contribution in [0.2, 0.25) is 5.02 Å². The molecule has 0 radical (unpaired) electrons. The summed E-state index contributed by atoms with van der Waals surface area (Å²) in [7, 11) is 0. The van der Waals surface area contributed by atoms with Gasteiger partial charge >= 0.3 is 18.0 Å². The molecular formula is C22H24ClNO6. The third kappa shape index (κ3) is 8.53. The van der Waals surface area contributed by atoms with Gasteiger partial charge in [-0.3, -0.25) is 9.59 Å². The summed E-state index contributed by atoms with van der Waals surface area (Å²) in [5.74, 6) is -1.06. The fraction of sp³-hybridized carbons (Fsp3) is 0.318. The third-order valence-electron chi connectivity index (χ3n) is 4.06. The van der Waals surface area contributed by atoms with E-state index in [4.69, 9.17) is 25.8 Å². The highest BCUT2D eigenvalue weighted by atomic mass is 35.5. The average molecular weight is 434 g/mol. The minimum absolute atomic E-state index is 0.179. The Morgan fingerprint density at radius 2 is 1.67 bits per heavy atom. The second-order valence-electron chi connectivity index (χ2n) is 6.56. The van der Waals surface area contributed by atoms with Crippen LogP contribution >= 0.6 is 11.6 Å². The Bertz CT molecular complexity index is 840. The number of rotatable bonds is 9. The van der Waals surface area contributed by atoms with Crippen LogP contribution in [0.5, 0.6) is 5.75 Å². The van der Waals surface area contributed by atoms with Gasteiger partial charge in [0.05, 0.1) is 5.92 Å². The van der Waals surface area contributed by atoms with Gasteiger partial charge in [0, 0.05) is 25.4 Å². The fourth-order valence-electron chi connectivity index (χ4n) is 2.70. The van der Waals surface area contributed by atoms with E-state index < -0.39 is 30.2 Å². The maximum atomic E-state index is 12.7. The molecule has 8 heteroatoms. The highest BCUT2D eigenvalue weighted by Crippen LogP contribution is 2.19. The van der Waals surface area contributed by atoms with E-state index in [-0.39, 0.29) is 6.54 Å². The van der Waals surface area contributed by atoms with Gasteiger partial charge in [0.15, 0.2) is 0 Å². The van der Waals surface area contributed by atoms with Crippen molar-refractivity contribution >= 4 is 29.6 Å². The maximum absolute atomic E-state index is 12.7. The van der Waals surface area contributed by atoms with Crippen LogP contribution < -0.4 is 10.1 Å². The number of esters is 2. The SMILES string of the molecule is CC(=O)OC(C)OC(=O)NCCC(Cc1ccccc1)C(=O)Oc1ccc(Cl)cc1. The van der Waals surface area contributed by atoms with Crippen molar-refractivity contribution in [3.05, 3.63) is 65.2 Å². The van der Waals surface area contributed by atoms with Gasteiger partial charge in [0.2, 0.25) is 6.29 Å². The summed E-state index contributed by atoms with van der Waals surface area (Å²) in [5, 5.41) is 3.09. The number of amides is 1. The van der Waals surface area contributed by atoms with Crippen molar-refractivity contribution in [2.24, 2.45) is 5.92 Å². The Morgan fingerprint density at radius 1 is 1.00 bits per heavy atom. The number of hydrogen-bond donors (Lipinski definition) is 1. The predicted octanol–water partition coefficient (Wildman–Crippen LogP) is 4.13. The average Bonchev–Trinajstić information content (AvgIpc) is 2.69. The van der Waals surface area contributed by atoms with Crippen molar-refractivity contribution in [2.75, 3.05) is 6.54 Å². The summed E-state index contributed by atoms with van der Waals surface area (Å²) in [6, 6.07) is 16.0. The zero-order chi connectivity index (χ0) is 21.9. The molecule has 0 saturated heterocycles. The summed E-state index contributed by atoms with van der Waals surface area (Å²) in [5.41, 5.74) is 0.974. The first-order valence-corrected chi connectivity index (χ1v) is 9.84. The van der Waals surface area contributed by atoms with Crippen LogP contribution in [0.4, 0.5) is 4.79 Å². The number of ether oxygens (including phenoxy) is 3.